The van der Waals surface area contributed by atoms with Crippen LogP contribution in [0.3, 0.4) is 0 Å². The molecule has 4 atom stereocenters. The molecule has 3 saturated heterocycles. The van der Waals surface area contributed by atoms with Crippen molar-refractivity contribution in [1.82, 2.24) is 19.9 Å². The predicted octanol–water partition coefficient (Wildman–Crippen LogP) is -1.25. The molecule has 1 aromatic rings. The molecular weight excluding hydrogens is 306 g/mol. The summed E-state index contributed by atoms with van der Waals surface area (Å²) >= 11 is 0. The molecule has 0 saturated carbocycles. The number of aliphatic hydroxyl groups is 1. The molecule has 0 aromatic carbocycles. The van der Waals surface area contributed by atoms with Gasteiger partial charge in [-0.3, -0.25) is 4.79 Å². The van der Waals surface area contributed by atoms with Gasteiger partial charge in [-0.1, -0.05) is 11.3 Å². The second-order valence-electron chi connectivity index (χ2n) is 7.11. The van der Waals surface area contributed by atoms with E-state index in [1.165, 1.54) is 4.90 Å². The molecule has 4 rings (SSSR count). The van der Waals surface area contributed by atoms with Gasteiger partial charge in [0.15, 0.2) is 0 Å². The molecule has 3 aliphatic heterocycles. The van der Waals surface area contributed by atoms with E-state index in [1.807, 2.05) is 17.9 Å². The zero-order valence-electron chi connectivity index (χ0n) is 14.4. The minimum atomic E-state index is 0.101. The van der Waals surface area contributed by atoms with Crippen LogP contribution in [0.15, 0.2) is 18.9 Å². The van der Waals surface area contributed by atoms with Gasteiger partial charge in [-0.2, -0.15) is 0 Å². The molecule has 7 nitrogen and oxygen atoms in total. The smallest absolute Gasteiger partial charge is 0.231 e. The monoisotopic (exact) mass is 334 g/mol. The van der Waals surface area contributed by atoms with Crippen molar-refractivity contribution in [3.63, 3.8) is 0 Å². The average molecular weight is 334 g/mol. The number of hydrogen-bond acceptors (Lipinski definition) is 4. The summed E-state index contributed by atoms with van der Waals surface area (Å²) in [6.45, 7) is 7.35. The van der Waals surface area contributed by atoms with E-state index in [9.17, 15) is 4.79 Å². The third-order valence-corrected chi connectivity index (χ3v) is 5.51. The van der Waals surface area contributed by atoms with Crippen molar-refractivity contribution >= 4 is 5.91 Å². The quantitative estimate of drug-likeness (QED) is 0.611. The van der Waals surface area contributed by atoms with Crippen LogP contribution in [0.2, 0.25) is 0 Å². The van der Waals surface area contributed by atoms with E-state index in [-0.39, 0.29) is 18.4 Å². The molecule has 3 fully saturated rings. The molecule has 0 aliphatic carbocycles. The molecule has 1 unspecified atom stereocenters. The summed E-state index contributed by atoms with van der Waals surface area (Å²) in [5.41, 5.74) is 0.836. The van der Waals surface area contributed by atoms with Gasteiger partial charge in [0.1, 0.15) is 6.04 Å². The summed E-state index contributed by atoms with van der Waals surface area (Å²) in [6, 6.07) is 0.501. The Morgan fingerprint density at radius 1 is 1.62 bits per heavy atom. The molecule has 2 bridgehead atoms. The standard InChI is InChI=1S/C17H27N5O2/c1-3-6-20(2)17(24)16-12-21-7-4-13(16)9-15(21)11-22-10-14(5-8-23)18-19-22/h3,10,13,15-16,23H,1,4-9,11-12H2,2H3/p+1/t13-,15+,16-/m0/s1. The Morgan fingerprint density at radius 2 is 2.46 bits per heavy atom. The lowest BCUT2D eigenvalue weighted by molar-refractivity contribution is -0.945. The Kier molecular flexibility index (Phi) is 5.30. The lowest BCUT2D eigenvalue weighted by atomic mass is 9.75. The van der Waals surface area contributed by atoms with Gasteiger partial charge in [-0.15, -0.1) is 11.7 Å². The summed E-state index contributed by atoms with van der Waals surface area (Å²) in [5, 5.41) is 17.2. The first kappa shape index (κ1) is 17.1. The molecule has 1 amide bonds. The number of aromatic nitrogens is 3. The van der Waals surface area contributed by atoms with E-state index in [1.54, 1.807) is 11.0 Å². The number of likely N-dealkylation sites (N-methyl/N-ethyl adjacent to an activating group) is 1. The van der Waals surface area contributed by atoms with Crippen molar-refractivity contribution < 1.29 is 14.8 Å². The molecule has 2 N–H and O–H groups in total. The Bertz CT molecular complexity index is 587. The fourth-order valence-corrected chi connectivity index (χ4v) is 4.25. The highest BCUT2D eigenvalue weighted by atomic mass is 16.3. The van der Waals surface area contributed by atoms with Crippen molar-refractivity contribution in [3.05, 3.63) is 24.5 Å². The number of rotatable bonds is 7. The SMILES string of the molecule is C=CCN(C)C(=O)[C@H]1C[NH+]2CC[C@H]1C[C@@H]2Cn1cc(CCO)nn1. The van der Waals surface area contributed by atoms with Crippen molar-refractivity contribution in [2.45, 2.75) is 31.8 Å². The molecule has 7 heteroatoms. The topological polar surface area (TPSA) is 75.7 Å². The van der Waals surface area contributed by atoms with Gasteiger partial charge in [0, 0.05) is 45.7 Å². The Hall–Kier alpha value is -1.73. The lowest BCUT2D eigenvalue weighted by Crippen LogP contribution is -3.20. The first-order valence-corrected chi connectivity index (χ1v) is 8.82. The zero-order chi connectivity index (χ0) is 17.1. The molecule has 24 heavy (non-hydrogen) atoms. The van der Waals surface area contributed by atoms with E-state index in [0.29, 0.717) is 24.9 Å². The molecule has 0 spiro atoms. The minimum absolute atomic E-state index is 0.101. The number of nitrogens with one attached hydrogen (secondary N) is 1. The van der Waals surface area contributed by atoms with Crippen LogP contribution in [0.4, 0.5) is 0 Å². The second-order valence-corrected chi connectivity index (χ2v) is 7.11. The van der Waals surface area contributed by atoms with Crippen LogP contribution in [0.25, 0.3) is 0 Å². The van der Waals surface area contributed by atoms with Gasteiger partial charge in [0.2, 0.25) is 5.91 Å². The fourth-order valence-electron chi connectivity index (χ4n) is 4.25. The fraction of sp³-hybridized carbons (Fsp3) is 0.706. The number of nitrogens with zero attached hydrogens (tertiary/aromatic N) is 4. The van der Waals surface area contributed by atoms with Crippen LogP contribution in [0, 0.1) is 11.8 Å². The average Bonchev–Trinajstić information content (AvgIpc) is 3.02. The van der Waals surface area contributed by atoms with Crippen LogP contribution in [0.1, 0.15) is 18.5 Å². The summed E-state index contributed by atoms with van der Waals surface area (Å²) in [7, 11) is 1.87. The van der Waals surface area contributed by atoms with Crippen molar-refractivity contribution in [2.24, 2.45) is 11.8 Å². The summed E-state index contributed by atoms with van der Waals surface area (Å²) in [6.07, 6.45) is 6.47. The first-order chi connectivity index (χ1) is 11.6. The number of aliphatic hydroxyl groups excluding tert-OH is 1. The number of fused-ring (bicyclic) bond motifs is 3. The van der Waals surface area contributed by atoms with E-state index in [2.05, 4.69) is 16.9 Å². The van der Waals surface area contributed by atoms with Crippen molar-refractivity contribution in [2.75, 3.05) is 33.3 Å². The molecule has 132 valence electrons. The number of hydrogen-bond donors (Lipinski definition) is 2. The highest BCUT2D eigenvalue weighted by Crippen LogP contribution is 2.28. The maximum absolute atomic E-state index is 12.6. The van der Waals surface area contributed by atoms with Crippen LogP contribution < -0.4 is 4.90 Å². The normalized spacial score (nSPS) is 28.8. The Balaban J connectivity index is 1.60. The number of piperidine rings is 3. The Labute approximate surface area is 142 Å². The Morgan fingerprint density at radius 3 is 3.12 bits per heavy atom. The van der Waals surface area contributed by atoms with Gasteiger partial charge in [0.05, 0.1) is 31.2 Å². The van der Waals surface area contributed by atoms with E-state index < -0.39 is 0 Å². The lowest BCUT2D eigenvalue weighted by Gasteiger charge is -2.46. The van der Waals surface area contributed by atoms with Crippen LogP contribution in [-0.4, -0.2) is 70.2 Å². The summed E-state index contributed by atoms with van der Waals surface area (Å²) in [5.74, 6) is 0.893. The largest absolute Gasteiger partial charge is 0.396 e. The van der Waals surface area contributed by atoms with Gasteiger partial charge >= 0.3 is 0 Å². The molecule has 0 radical (unpaired) electrons. The number of amides is 1. The first-order valence-electron chi connectivity index (χ1n) is 8.82. The van der Waals surface area contributed by atoms with Crippen LogP contribution in [0.5, 0.6) is 0 Å². The molecule has 1 aromatic heterocycles. The number of quaternary nitrogens is 1. The highest BCUT2D eigenvalue weighted by Gasteiger charge is 2.47. The van der Waals surface area contributed by atoms with Crippen LogP contribution >= 0.6 is 0 Å². The number of carbonyl (C=O) groups is 1. The third kappa shape index (κ3) is 3.52. The highest BCUT2D eigenvalue weighted by molar-refractivity contribution is 5.79. The summed E-state index contributed by atoms with van der Waals surface area (Å²) in [4.78, 5) is 15.9. The maximum atomic E-state index is 12.6. The minimum Gasteiger partial charge on any atom is -0.396 e. The van der Waals surface area contributed by atoms with Gasteiger partial charge < -0.3 is 14.9 Å². The van der Waals surface area contributed by atoms with E-state index >= 15 is 0 Å². The van der Waals surface area contributed by atoms with E-state index in [4.69, 9.17) is 5.11 Å². The predicted molar refractivity (Wildman–Crippen MR) is 89.3 cm³/mol. The molecule has 3 aliphatic rings. The van der Waals surface area contributed by atoms with Gasteiger partial charge in [-0.05, 0) is 5.92 Å². The van der Waals surface area contributed by atoms with Gasteiger partial charge in [0.25, 0.3) is 0 Å². The van der Waals surface area contributed by atoms with Crippen molar-refractivity contribution in [3.8, 4) is 0 Å². The third-order valence-electron chi connectivity index (χ3n) is 5.51. The van der Waals surface area contributed by atoms with E-state index in [0.717, 1.165) is 38.2 Å². The summed E-state index contributed by atoms with van der Waals surface area (Å²) < 4.78 is 1.89. The van der Waals surface area contributed by atoms with Crippen LogP contribution in [-0.2, 0) is 17.8 Å². The number of carbonyl (C=O) groups excluding carboxylic acids is 1. The zero-order valence-corrected chi connectivity index (χ0v) is 14.4. The van der Waals surface area contributed by atoms with Crippen molar-refractivity contribution in [1.29, 1.82) is 0 Å². The molecular formula is C17H28N5O2+. The second kappa shape index (κ2) is 7.44. The van der Waals surface area contributed by atoms with Gasteiger partial charge in [-0.25, -0.2) is 4.68 Å². The maximum Gasteiger partial charge on any atom is 0.231 e. The molecule has 4 heterocycles.